The Morgan fingerprint density at radius 1 is 0.941 bits per heavy atom. The van der Waals surface area contributed by atoms with Crippen LogP contribution >= 0.6 is 11.6 Å². The predicted octanol–water partition coefficient (Wildman–Crippen LogP) is 4.98. The molecular formula is C25H24ClN3O4S. The van der Waals surface area contributed by atoms with Gasteiger partial charge in [-0.3, -0.25) is 14.3 Å². The van der Waals surface area contributed by atoms with Crippen LogP contribution in [0.4, 0.5) is 11.4 Å². The molecule has 1 fully saturated rings. The maximum Gasteiger partial charge on any atom is 0.261 e. The first kappa shape index (κ1) is 23.8. The first-order chi connectivity index (χ1) is 16.2. The fourth-order valence-electron chi connectivity index (χ4n) is 3.39. The van der Waals surface area contributed by atoms with Gasteiger partial charge < -0.3 is 10.6 Å². The summed E-state index contributed by atoms with van der Waals surface area (Å²) >= 11 is 5.85. The van der Waals surface area contributed by atoms with Crippen LogP contribution in [0.15, 0.2) is 77.7 Å². The summed E-state index contributed by atoms with van der Waals surface area (Å²) in [5.41, 5.74) is 1.92. The SMILES string of the molecule is CC(NC(=O)c1ccccc1NS(=O)(=O)c1ccc(Cl)cc1)c1ccc(NC(=O)C2CC2)cc1. The highest BCUT2D eigenvalue weighted by Gasteiger charge is 2.29. The van der Waals surface area contributed by atoms with Crippen molar-refractivity contribution in [2.24, 2.45) is 5.92 Å². The van der Waals surface area contributed by atoms with E-state index in [9.17, 15) is 18.0 Å². The van der Waals surface area contributed by atoms with E-state index in [0.717, 1.165) is 18.4 Å². The van der Waals surface area contributed by atoms with Crippen LogP contribution in [0.1, 0.15) is 41.7 Å². The fraction of sp³-hybridized carbons (Fsp3) is 0.200. The Morgan fingerprint density at radius 2 is 1.59 bits per heavy atom. The van der Waals surface area contributed by atoms with Crippen molar-refractivity contribution in [3.8, 4) is 0 Å². The highest BCUT2D eigenvalue weighted by Crippen LogP contribution is 2.30. The average Bonchev–Trinajstić information content (AvgIpc) is 3.65. The number of hydrogen-bond donors (Lipinski definition) is 3. The minimum atomic E-state index is -3.91. The lowest BCUT2D eigenvalue weighted by Gasteiger charge is -2.17. The number of hydrogen-bond acceptors (Lipinski definition) is 4. The van der Waals surface area contributed by atoms with Crippen molar-refractivity contribution in [3.63, 3.8) is 0 Å². The van der Waals surface area contributed by atoms with Crippen LogP contribution in [0.5, 0.6) is 0 Å². The Kier molecular flexibility index (Phi) is 6.90. The molecule has 34 heavy (non-hydrogen) atoms. The topological polar surface area (TPSA) is 104 Å². The zero-order valence-corrected chi connectivity index (χ0v) is 20.0. The fourth-order valence-corrected chi connectivity index (χ4v) is 4.60. The lowest BCUT2D eigenvalue weighted by atomic mass is 10.1. The number of amides is 2. The molecule has 1 aliphatic carbocycles. The smallest absolute Gasteiger partial charge is 0.261 e. The molecule has 0 aromatic heterocycles. The van der Waals surface area contributed by atoms with E-state index in [-0.39, 0.29) is 34.0 Å². The number of anilines is 2. The molecule has 2 amide bonds. The lowest BCUT2D eigenvalue weighted by molar-refractivity contribution is -0.117. The average molecular weight is 498 g/mol. The maximum atomic E-state index is 13.0. The van der Waals surface area contributed by atoms with E-state index in [1.807, 2.05) is 19.1 Å². The largest absolute Gasteiger partial charge is 0.345 e. The van der Waals surface area contributed by atoms with E-state index in [4.69, 9.17) is 11.6 Å². The molecular weight excluding hydrogens is 474 g/mol. The van der Waals surface area contributed by atoms with Gasteiger partial charge in [-0.1, -0.05) is 35.9 Å². The molecule has 1 aliphatic rings. The van der Waals surface area contributed by atoms with E-state index < -0.39 is 15.9 Å². The second-order valence-corrected chi connectivity index (χ2v) is 10.3. The van der Waals surface area contributed by atoms with E-state index >= 15 is 0 Å². The summed E-state index contributed by atoms with van der Waals surface area (Å²) in [4.78, 5) is 24.9. The Labute approximate surface area is 203 Å². The molecule has 4 rings (SSSR count). The van der Waals surface area contributed by atoms with Crippen LogP contribution in [0.25, 0.3) is 0 Å². The van der Waals surface area contributed by atoms with Gasteiger partial charge in [-0.15, -0.1) is 0 Å². The zero-order chi connectivity index (χ0) is 24.3. The number of carbonyl (C=O) groups excluding carboxylic acids is 2. The van der Waals surface area contributed by atoms with Crippen LogP contribution in [-0.4, -0.2) is 20.2 Å². The second kappa shape index (κ2) is 9.87. The third-order valence-electron chi connectivity index (χ3n) is 5.51. The highest BCUT2D eigenvalue weighted by atomic mass is 35.5. The summed E-state index contributed by atoms with van der Waals surface area (Å²) in [5, 5.41) is 6.20. The highest BCUT2D eigenvalue weighted by molar-refractivity contribution is 7.92. The lowest BCUT2D eigenvalue weighted by Crippen LogP contribution is -2.28. The molecule has 1 atom stereocenters. The number of nitrogens with one attached hydrogen (secondary N) is 3. The summed E-state index contributed by atoms with van der Waals surface area (Å²) in [5.74, 6) is -0.269. The van der Waals surface area contributed by atoms with Gasteiger partial charge in [0.05, 0.1) is 22.2 Å². The minimum absolute atomic E-state index is 0.0340. The minimum Gasteiger partial charge on any atom is -0.345 e. The molecule has 3 N–H and O–H groups in total. The summed E-state index contributed by atoms with van der Waals surface area (Å²) in [6.45, 7) is 1.83. The molecule has 0 heterocycles. The Balaban J connectivity index is 1.45. The number of rotatable bonds is 8. The molecule has 3 aromatic rings. The Bertz CT molecular complexity index is 1300. The number of halogens is 1. The first-order valence-corrected chi connectivity index (χ1v) is 12.7. The predicted molar refractivity (Wildman–Crippen MR) is 132 cm³/mol. The second-order valence-electron chi connectivity index (χ2n) is 8.19. The molecule has 0 radical (unpaired) electrons. The number of benzene rings is 3. The molecule has 1 saturated carbocycles. The van der Waals surface area contributed by atoms with Crippen LogP contribution in [-0.2, 0) is 14.8 Å². The third-order valence-corrected chi connectivity index (χ3v) is 7.15. The first-order valence-electron chi connectivity index (χ1n) is 10.8. The molecule has 0 saturated heterocycles. The Hall–Kier alpha value is -3.36. The van der Waals surface area contributed by atoms with Gasteiger partial charge in [-0.25, -0.2) is 8.42 Å². The van der Waals surface area contributed by atoms with Crippen molar-refractivity contribution < 1.29 is 18.0 Å². The standard InChI is InChI=1S/C25H24ClN3O4S/c1-16(17-8-12-20(13-9-17)28-24(30)18-6-7-18)27-25(31)22-4-2-3-5-23(22)29-34(32,33)21-14-10-19(26)11-15-21/h2-5,8-16,18,29H,6-7H2,1H3,(H,27,31)(H,28,30). The zero-order valence-electron chi connectivity index (χ0n) is 18.4. The summed E-state index contributed by atoms with van der Waals surface area (Å²) in [6, 6.07) is 19.1. The maximum absolute atomic E-state index is 13.0. The summed E-state index contributed by atoms with van der Waals surface area (Å²) in [7, 11) is -3.91. The van der Waals surface area contributed by atoms with Gasteiger partial charge in [0, 0.05) is 16.6 Å². The van der Waals surface area contributed by atoms with Gasteiger partial charge in [0.15, 0.2) is 0 Å². The van der Waals surface area contributed by atoms with Gasteiger partial charge in [0.2, 0.25) is 5.91 Å². The van der Waals surface area contributed by atoms with Gasteiger partial charge in [-0.05, 0) is 73.9 Å². The van der Waals surface area contributed by atoms with Crippen molar-refractivity contribution in [2.45, 2.75) is 30.7 Å². The van der Waals surface area contributed by atoms with E-state index in [2.05, 4.69) is 15.4 Å². The van der Waals surface area contributed by atoms with Crippen molar-refractivity contribution in [1.82, 2.24) is 5.32 Å². The third kappa shape index (κ3) is 5.76. The van der Waals surface area contributed by atoms with Crippen molar-refractivity contribution in [3.05, 3.63) is 88.9 Å². The molecule has 0 bridgehead atoms. The van der Waals surface area contributed by atoms with Crippen molar-refractivity contribution in [2.75, 3.05) is 10.0 Å². The number of para-hydroxylation sites is 1. The van der Waals surface area contributed by atoms with Crippen LogP contribution < -0.4 is 15.4 Å². The van der Waals surface area contributed by atoms with Crippen molar-refractivity contribution >= 4 is 44.8 Å². The van der Waals surface area contributed by atoms with Gasteiger partial charge >= 0.3 is 0 Å². The molecule has 0 spiro atoms. The normalized spacial score (nSPS) is 14.2. The van der Waals surface area contributed by atoms with Gasteiger partial charge in [0.25, 0.3) is 15.9 Å². The van der Waals surface area contributed by atoms with E-state index in [1.165, 1.54) is 30.3 Å². The molecule has 176 valence electrons. The molecule has 1 unspecified atom stereocenters. The van der Waals surface area contributed by atoms with Gasteiger partial charge in [-0.2, -0.15) is 0 Å². The summed E-state index contributed by atoms with van der Waals surface area (Å²) in [6.07, 6.45) is 1.87. The number of sulfonamides is 1. The van der Waals surface area contributed by atoms with Crippen LogP contribution in [0.3, 0.4) is 0 Å². The van der Waals surface area contributed by atoms with Crippen LogP contribution in [0, 0.1) is 5.92 Å². The van der Waals surface area contributed by atoms with Crippen molar-refractivity contribution in [1.29, 1.82) is 0 Å². The van der Waals surface area contributed by atoms with Gasteiger partial charge in [0.1, 0.15) is 0 Å². The molecule has 0 aliphatic heterocycles. The quantitative estimate of drug-likeness (QED) is 0.408. The monoisotopic (exact) mass is 497 g/mol. The van der Waals surface area contributed by atoms with E-state index in [0.29, 0.717) is 10.7 Å². The van der Waals surface area contributed by atoms with E-state index in [1.54, 1.807) is 30.3 Å². The molecule has 3 aromatic carbocycles. The molecule has 9 heteroatoms. The summed E-state index contributed by atoms with van der Waals surface area (Å²) < 4.78 is 28.0. The number of carbonyl (C=O) groups is 2. The Morgan fingerprint density at radius 3 is 2.24 bits per heavy atom. The van der Waals surface area contributed by atoms with Crippen LogP contribution in [0.2, 0.25) is 5.02 Å². The molecule has 7 nitrogen and oxygen atoms in total.